The fourth-order valence-electron chi connectivity index (χ4n) is 0.499. The molecule has 0 aliphatic carbocycles. The van der Waals surface area contributed by atoms with E-state index in [0.717, 1.165) is 6.42 Å². The van der Waals surface area contributed by atoms with Gasteiger partial charge in [0.25, 0.3) is 0 Å². The molecule has 0 radical (unpaired) electrons. The van der Waals surface area contributed by atoms with Crippen LogP contribution in [0, 0.1) is 0 Å². The minimum absolute atomic E-state index is 0.205. The quantitative estimate of drug-likeness (QED) is 0.554. The van der Waals surface area contributed by atoms with Crippen LogP contribution in [0.1, 0.15) is 26.2 Å². The van der Waals surface area contributed by atoms with E-state index in [-0.39, 0.29) is 18.8 Å². The topological polar surface area (TPSA) is 26.3 Å². The molecule has 0 N–H and O–H groups in total. The third-order valence-corrected chi connectivity index (χ3v) is 0.982. The van der Waals surface area contributed by atoms with Gasteiger partial charge in [-0.05, 0) is 12.8 Å². The summed E-state index contributed by atoms with van der Waals surface area (Å²) >= 11 is 0. The number of ether oxygens (including phenoxy) is 1. The van der Waals surface area contributed by atoms with E-state index in [2.05, 4.69) is 4.74 Å². The Balaban J connectivity index is 3.09. The first-order valence-electron chi connectivity index (χ1n) is 3.52. The number of halogens is 1. The van der Waals surface area contributed by atoms with Gasteiger partial charge in [-0.3, -0.25) is 9.18 Å². The van der Waals surface area contributed by atoms with Gasteiger partial charge in [0.1, 0.15) is 0 Å². The van der Waals surface area contributed by atoms with E-state index < -0.39 is 6.67 Å². The third-order valence-electron chi connectivity index (χ3n) is 0.982. The Kier molecular flexibility index (Phi) is 6.13. The Labute approximate surface area is 60.4 Å². The van der Waals surface area contributed by atoms with Crippen molar-refractivity contribution in [3.05, 3.63) is 0 Å². The van der Waals surface area contributed by atoms with Gasteiger partial charge in [0.05, 0.1) is 13.3 Å². The molecule has 0 rings (SSSR count). The molecule has 2 nitrogen and oxygen atoms in total. The van der Waals surface area contributed by atoms with Crippen LogP contribution in [0.3, 0.4) is 0 Å². The first-order valence-corrected chi connectivity index (χ1v) is 3.52. The number of carbonyl (C=O) groups excluding carboxylic acids is 1. The van der Waals surface area contributed by atoms with Crippen molar-refractivity contribution in [1.82, 2.24) is 0 Å². The standard InChI is InChI=1S/C7H13FO2/c1-2-6-10-7(9)4-3-5-8/h2-6H2,1H3. The molecule has 0 fully saturated rings. The highest BCUT2D eigenvalue weighted by molar-refractivity contribution is 5.69. The fraction of sp³-hybridized carbons (Fsp3) is 0.857. The molecule has 0 aliphatic heterocycles. The summed E-state index contributed by atoms with van der Waals surface area (Å²) in [5.41, 5.74) is 0. The Morgan fingerprint density at radius 2 is 2.30 bits per heavy atom. The van der Waals surface area contributed by atoms with Crippen molar-refractivity contribution < 1.29 is 13.9 Å². The second kappa shape index (κ2) is 6.52. The van der Waals surface area contributed by atoms with E-state index >= 15 is 0 Å². The van der Waals surface area contributed by atoms with Crippen LogP contribution in [0.4, 0.5) is 4.39 Å². The van der Waals surface area contributed by atoms with Crippen LogP contribution in [0.25, 0.3) is 0 Å². The molecule has 0 spiro atoms. The molecule has 0 aromatic heterocycles. The molecule has 60 valence electrons. The lowest BCUT2D eigenvalue weighted by Crippen LogP contribution is -2.04. The van der Waals surface area contributed by atoms with Crippen LogP contribution < -0.4 is 0 Å². The number of alkyl halides is 1. The number of rotatable bonds is 5. The van der Waals surface area contributed by atoms with Gasteiger partial charge < -0.3 is 4.74 Å². The SMILES string of the molecule is CCCOC(=O)CCCF. The van der Waals surface area contributed by atoms with Crippen molar-refractivity contribution in [2.24, 2.45) is 0 Å². The van der Waals surface area contributed by atoms with Gasteiger partial charge in [0.15, 0.2) is 0 Å². The summed E-state index contributed by atoms with van der Waals surface area (Å²) in [4.78, 5) is 10.6. The van der Waals surface area contributed by atoms with E-state index in [4.69, 9.17) is 0 Å². The average Bonchev–Trinajstić information content (AvgIpc) is 1.97. The van der Waals surface area contributed by atoms with Crippen molar-refractivity contribution in [3.8, 4) is 0 Å². The molecule has 10 heavy (non-hydrogen) atoms. The first-order chi connectivity index (χ1) is 4.81. The number of hydrogen-bond donors (Lipinski definition) is 0. The predicted octanol–water partition coefficient (Wildman–Crippen LogP) is 1.69. The monoisotopic (exact) mass is 148 g/mol. The summed E-state index contributed by atoms with van der Waals surface area (Å²) in [7, 11) is 0. The molecule has 0 amide bonds. The highest BCUT2D eigenvalue weighted by atomic mass is 19.1. The van der Waals surface area contributed by atoms with Crippen LogP contribution in [-0.4, -0.2) is 19.3 Å². The summed E-state index contributed by atoms with van der Waals surface area (Å²) in [5.74, 6) is -0.292. The normalized spacial score (nSPS) is 9.40. The average molecular weight is 148 g/mol. The van der Waals surface area contributed by atoms with Crippen LogP contribution in [0.5, 0.6) is 0 Å². The van der Waals surface area contributed by atoms with E-state index in [1.165, 1.54) is 0 Å². The van der Waals surface area contributed by atoms with Gasteiger partial charge in [-0.2, -0.15) is 0 Å². The van der Waals surface area contributed by atoms with E-state index in [9.17, 15) is 9.18 Å². The molecule has 3 heteroatoms. The molecule has 0 aliphatic rings. The van der Waals surface area contributed by atoms with Crippen molar-refractivity contribution in [3.63, 3.8) is 0 Å². The molecule has 0 atom stereocenters. The van der Waals surface area contributed by atoms with Crippen molar-refractivity contribution in [2.75, 3.05) is 13.3 Å². The van der Waals surface area contributed by atoms with Gasteiger partial charge in [-0.1, -0.05) is 6.92 Å². The lowest BCUT2D eigenvalue weighted by molar-refractivity contribution is -0.143. The summed E-state index contributed by atoms with van der Waals surface area (Å²) in [5, 5.41) is 0. The van der Waals surface area contributed by atoms with Crippen molar-refractivity contribution in [1.29, 1.82) is 0 Å². The Hall–Kier alpha value is -0.600. The second-order valence-corrected chi connectivity index (χ2v) is 2.01. The van der Waals surface area contributed by atoms with Gasteiger partial charge in [-0.25, -0.2) is 0 Å². The van der Waals surface area contributed by atoms with Crippen molar-refractivity contribution in [2.45, 2.75) is 26.2 Å². The largest absolute Gasteiger partial charge is 0.466 e. The summed E-state index contributed by atoms with van der Waals surface area (Å²) in [6.45, 7) is 1.93. The Morgan fingerprint density at radius 3 is 2.80 bits per heavy atom. The van der Waals surface area contributed by atoms with Gasteiger partial charge >= 0.3 is 5.97 Å². The van der Waals surface area contributed by atoms with Crippen LogP contribution >= 0.6 is 0 Å². The molecule has 0 heterocycles. The number of esters is 1. The summed E-state index contributed by atoms with van der Waals surface area (Å²) in [6, 6.07) is 0. The van der Waals surface area contributed by atoms with Crippen LogP contribution in [0.2, 0.25) is 0 Å². The number of carbonyl (C=O) groups is 1. The Bertz CT molecular complexity index is 83.6. The fourth-order valence-corrected chi connectivity index (χ4v) is 0.499. The molecule has 0 unspecified atom stereocenters. The molecular weight excluding hydrogens is 135 g/mol. The lowest BCUT2D eigenvalue weighted by Gasteiger charge is -1.99. The summed E-state index contributed by atoms with van der Waals surface area (Å²) < 4.78 is 16.2. The van der Waals surface area contributed by atoms with E-state index in [1.807, 2.05) is 6.92 Å². The highest BCUT2D eigenvalue weighted by Gasteiger charge is 1.99. The maximum atomic E-state index is 11.5. The maximum Gasteiger partial charge on any atom is 0.305 e. The van der Waals surface area contributed by atoms with Crippen molar-refractivity contribution >= 4 is 5.97 Å². The lowest BCUT2D eigenvalue weighted by atomic mass is 10.3. The first kappa shape index (κ1) is 9.40. The van der Waals surface area contributed by atoms with E-state index in [1.54, 1.807) is 0 Å². The van der Waals surface area contributed by atoms with Crippen LogP contribution in [-0.2, 0) is 9.53 Å². The second-order valence-electron chi connectivity index (χ2n) is 2.01. The minimum Gasteiger partial charge on any atom is -0.466 e. The predicted molar refractivity (Wildman–Crippen MR) is 36.5 cm³/mol. The molecule has 0 bridgehead atoms. The van der Waals surface area contributed by atoms with E-state index in [0.29, 0.717) is 6.61 Å². The van der Waals surface area contributed by atoms with Gasteiger partial charge in [-0.15, -0.1) is 0 Å². The van der Waals surface area contributed by atoms with Crippen LogP contribution in [0.15, 0.2) is 0 Å². The molecule has 0 aromatic carbocycles. The zero-order valence-electron chi connectivity index (χ0n) is 6.23. The number of hydrogen-bond acceptors (Lipinski definition) is 2. The van der Waals surface area contributed by atoms with Gasteiger partial charge in [0, 0.05) is 6.42 Å². The molecule has 0 aromatic rings. The zero-order valence-corrected chi connectivity index (χ0v) is 6.23. The minimum atomic E-state index is -0.443. The molecular formula is C7H13FO2. The zero-order chi connectivity index (χ0) is 7.82. The third kappa shape index (κ3) is 5.54. The smallest absolute Gasteiger partial charge is 0.305 e. The molecule has 0 saturated heterocycles. The Morgan fingerprint density at radius 1 is 1.60 bits per heavy atom. The summed E-state index contributed by atoms with van der Waals surface area (Å²) in [6.07, 6.45) is 1.31. The molecule has 0 saturated carbocycles. The highest BCUT2D eigenvalue weighted by Crippen LogP contribution is 1.93. The maximum absolute atomic E-state index is 11.5. The van der Waals surface area contributed by atoms with Gasteiger partial charge in [0.2, 0.25) is 0 Å².